The van der Waals surface area contributed by atoms with Crippen molar-refractivity contribution < 1.29 is 24.2 Å². The molecule has 1 spiro atoms. The quantitative estimate of drug-likeness (QED) is 0.445. The Hall–Kier alpha value is -1.67. The third-order valence-electron chi connectivity index (χ3n) is 8.07. The maximum absolute atomic E-state index is 13.9. The molecule has 0 aromatic rings. The molecule has 0 radical (unpaired) electrons. The predicted molar refractivity (Wildman–Crippen MR) is 116 cm³/mol. The van der Waals surface area contributed by atoms with Crippen molar-refractivity contribution in [1.29, 1.82) is 0 Å². The number of amides is 3. The number of likely N-dealkylation sites (tertiary alicyclic amines) is 1. The van der Waals surface area contributed by atoms with Crippen LogP contribution in [0.15, 0.2) is 0 Å². The van der Waals surface area contributed by atoms with Crippen molar-refractivity contribution in [1.82, 2.24) is 15.5 Å². The van der Waals surface area contributed by atoms with Crippen LogP contribution in [0, 0.1) is 17.8 Å². The molecule has 31 heavy (non-hydrogen) atoms. The third kappa shape index (κ3) is 3.46. The largest absolute Gasteiger partial charge is 0.394 e. The average molecular weight is 438 g/mol. The second-order valence-corrected chi connectivity index (χ2v) is 9.47. The van der Waals surface area contributed by atoms with E-state index in [1.807, 2.05) is 20.8 Å². The summed E-state index contributed by atoms with van der Waals surface area (Å²) in [7, 11) is 1.58. The van der Waals surface area contributed by atoms with E-state index in [9.17, 15) is 19.5 Å². The summed E-state index contributed by atoms with van der Waals surface area (Å²) in [5.41, 5.74) is -1.75. The molecule has 3 amide bonds. The van der Waals surface area contributed by atoms with E-state index in [4.69, 9.17) is 4.74 Å². The summed E-state index contributed by atoms with van der Waals surface area (Å²) in [6, 6.07) is -1.33. The van der Waals surface area contributed by atoms with Gasteiger partial charge in [0.25, 0.3) is 0 Å². The zero-order chi connectivity index (χ0) is 23.0. The van der Waals surface area contributed by atoms with Gasteiger partial charge in [-0.05, 0) is 31.6 Å². The molecule has 176 valence electrons. The second kappa shape index (κ2) is 9.06. The van der Waals surface area contributed by atoms with Crippen LogP contribution in [0.25, 0.3) is 0 Å². The fourth-order valence-electron chi connectivity index (χ4n) is 6.17. The molecule has 0 aliphatic carbocycles. The predicted octanol–water partition coefficient (Wildman–Crippen LogP) is 1.21. The molecule has 2 unspecified atom stereocenters. The lowest BCUT2D eigenvalue weighted by Gasteiger charge is -2.39. The number of aliphatic hydroxyl groups is 1. The van der Waals surface area contributed by atoms with Gasteiger partial charge in [-0.3, -0.25) is 14.4 Å². The zero-order valence-electron chi connectivity index (χ0n) is 19.6. The second-order valence-electron chi connectivity index (χ2n) is 9.47. The summed E-state index contributed by atoms with van der Waals surface area (Å²) in [6.07, 6.45) is 4.36. The summed E-state index contributed by atoms with van der Waals surface area (Å²) in [4.78, 5) is 41.9. The summed E-state index contributed by atoms with van der Waals surface area (Å²) >= 11 is 0. The van der Waals surface area contributed by atoms with E-state index >= 15 is 0 Å². The Morgan fingerprint density at radius 2 is 1.97 bits per heavy atom. The number of hydrogen-bond acceptors (Lipinski definition) is 5. The van der Waals surface area contributed by atoms with Crippen LogP contribution in [0.4, 0.5) is 0 Å². The van der Waals surface area contributed by atoms with Crippen LogP contribution in [-0.2, 0) is 19.1 Å². The van der Waals surface area contributed by atoms with E-state index in [2.05, 4.69) is 17.6 Å². The Morgan fingerprint density at radius 3 is 2.52 bits per heavy atom. The maximum atomic E-state index is 13.9. The summed E-state index contributed by atoms with van der Waals surface area (Å²) in [6.45, 7) is 8.31. The molecule has 2 bridgehead atoms. The van der Waals surface area contributed by atoms with Gasteiger partial charge in [0.15, 0.2) is 0 Å². The highest BCUT2D eigenvalue weighted by Gasteiger charge is 2.79. The molecule has 3 rings (SSSR count). The zero-order valence-corrected chi connectivity index (χ0v) is 19.6. The van der Waals surface area contributed by atoms with Gasteiger partial charge in [-0.25, -0.2) is 0 Å². The lowest BCUT2D eigenvalue weighted by atomic mass is 9.65. The Balaban J connectivity index is 2.09. The summed E-state index contributed by atoms with van der Waals surface area (Å²) < 4.78 is 6.64. The summed E-state index contributed by atoms with van der Waals surface area (Å²) in [5, 5.41) is 15.9. The van der Waals surface area contributed by atoms with Crippen molar-refractivity contribution >= 4 is 17.7 Å². The van der Waals surface area contributed by atoms with Crippen LogP contribution in [0.1, 0.15) is 66.2 Å². The van der Waals surface area contributed by atoms with Crippen LogP contribution in [-0.4, -0.2) is 71.2 Å². The maximum Gasteiger partial charge on any atom is 0.245 e. The van der Waals surface area contributed by atoms with Crippen molar-refractivity contribution in [3.8, 4) is 0 Å². The normalized spacial score (nSPS) is 35.7. The first kappa shape index (κ1) is 24.0. The molecule has 3 N–H and O–H groups in total. The van der Waals surface area contributed by atoms with E-state index in [-0.39, 0.29) is 30.2 Å². The number of nitrogens with one attached hydrogen (secondary N) is 2. The molecule has 3 fully saturated rings. The summed E-state index contributed by atoms with van der Waals surface area (Å²) in [5.74, 6) is -2.02. The standard InChI is InChI=1S/C23H39N3O5/c1-6-9-12-25-20(29)18-23-11-10-22(8-3,31-23)16(19(28)24-5)17(23)21(30)26(18)15(13-27)14(4)7-2/h14-18,27H,6-13H2,1-5H3,(H,24,28)(H,25,29)/t14-,15-,16+,17-,18?,22-,23?/m0/s1. The van der Waals surface area contributed by atoms with Gasteiger partial charge in [0.1, 0.15) is 11.6 Å². The molecule has 0 saturated carbocycles. The molecule has 3 aliphatic heterocycles. The molecule has 0 aromatic heterocycles. The number of carbonyl (C=O) groups excluding carboxylic acids is 3. The van der Waals surface area contributed by atoms with Gasteiger partial charge in [-0.15, -0.1) is 0 Å². The van der Waals surface area contributed by atoms with Crippen molar-refractivity contribution in [3.63, 3.8) is 0 Å². The fraction of sp³-hybridized carbons (Fsp3) is 0.870. The number of hydrogen-bond donors (Lipinski definition) is 3. The smallest absolute Gasteiger partial charge is 0.245 e. The number of fused-ring (bicyclic) bond motifs is 1. The lowest BCUT2D eigenvalue weighted by Crippen LogP contribution is -2.59. The van der Waals surface area contributed by atoms with E-state index in [0.29, 0.717) is 25.8 Å². The number of unbranched alkanes of at least 4 members (excludes halogenated alkanes) is 1. The fourth-order valence-corrected chi connectivity index (χ4v) is 6.17. The molecular formula is C23H39N3O5. The van der Waals surface area contributed by atoms with E-state index < -0.39 is 35.1 Å². The minimum atomic E-state index is -1.03. The van der Waals surface area contributed by atoms with Crippen LogP contribution < -0.4 is 10.6 Å². The molecule has 3 saturated heterocycles. The highest BCUT2D eigenvalue weighted by atomic mass is 16.5. The van der Waals surface area contributed by atoms with E-state index in [1.54, 1.807) is 11.9 Å². The van der Waals surface area contributed by atoms with Crippen molar-refractivity contribution in [3.05, 3.63) is 0 Å². The monoisotopic (exact) mass is 437 g/mol. The SMILES string of the molecule is CCCCNC(=O)C1N([C@@H](CO)[C@@H](C)CC)C(=O)[C@@H]2[C@H](C(=O)NC)[C@]3(CC)CCC12O3. The van der Waals surface area contributed by atoms with Crippen LogP contribution in [0.3, 0.4) is 0 Å². The van der Waals surface area contributed by atoms with E-state index in [1.165, 1.54) is 0 Å². The van der Waals surface area contributed by atoms with Gasteiger partial charge in [0, 0.05) is 13.6 Å². The molecular weight excluding hydrogens is 398 g/mol. The molecule has 3 aliphatic rings. The molecule has 7 atom stereocenters. The highest BCUT2D eigenvalue weighted by molar-refractivity contribution is 5.99. The number of carbonyl (C=O) groups is 3. The number of ether oxygens (including phenoxy) is 1. The first-order valence-corrected chi connectivity index (χ1v) is 11.9. The first-order valence-electron chi connectivity index (χ1n) is 11.9. The Labute approximate surface area is 185 Å². The molecule has 3 heterocycles. The van der Waals surface area contributed by atoms with Gasteiger partial charge in [0.2, 0.25) is 17.7 Å². The topological polar surface area (TPSA) is 108 Å². The van der Waals surface area contributed by atoms with Crippen molar-refractivity contribution in [2.75, 3.05) is 20.2 Å². The van der Waals surface area contributed by atoms with Crippen LogP contribution in [0.2, 0.25) is 0 Å². The van der Waals surface area contributed by atoms with Crippen LogP contribution >= 0.6 is 0 Å². The minimum Gasteiger partial charge on any atom is -0.394 e. The number of nitrogens with zero attached hydrogens (tertiary/aromatic N) is 1. The average Bonchev–Trinajstić information content (AvgIpc) is 3.38. The molecule has 0 aromatic carbocycles. The van der Waals surface area contributed by atoms with Crippen molar-refractivity contribution in [2.24, 2.45) is 17.8 Å². The third-order valence-corrected chi connectivity index (χ3v) is 8.07. The van der Waals surface area contributed by atoms with Crippen LogP contribution in [0.5, 0.6) is 0 Å². The van der Waals surface area contributed by atoms with Gasteiger partial charge in [0.05, 0.1) is 30.1 Å². The van der Waals surface area contributed by atoms with Crippen molar-refractivity contribution in [2.45, 2.75) is 89.5 Å². The molecule has 8 nitrogen and oxygen atoms in total. The minimum absolute atomic E-state index is 0.00547. The Morgan fingerprint density at radius 1 is 1.26 bits per heavy atom. The van der Waals surface area contributed by atoms with E-state index in [0.717, 1.165) is 19.3 Å². The van der Waals surface area contributed by atoms with Gasteiger partial charge in [-0.2, -0.15) is 0 Å². The number of aliphatic hydroxyl groups excluding tert-OH is 1. The Kier molecular flexibility index (Phi) is 7.01. The lowest BCUT2D eigenvalue weighted by molar-refractivity contribution is -0.152. The Bertz CT molecular complexity index is 715. The van der Waals surface area contributed by atoms with Gasteiger partial charge in [-0.1, -0.05) is 40.5 Å². The van der Waals surface area contributed by atoms with Gasteiger partial charge >= 0.3 is 0 Å². The first-order chi connectivity index (χ1) is 14.8. The van der Waals surface area contributed by atoms with Gasteiger partial charge < -0.3 is 25.4 Å². The molecule has 8 heteroatoms. The highest BCUT2D eigenvalue weighted by Crippen LogP contribution is 2.64. The number of rotatable bonds is 10.